The molecular formula is C14H8Cl4FNO2. The minimum Gasteiger partial charge on any atom is -0.482 e. The number of nitrogens with one attached hydrogen (secondary N) is 1. The molecule has 0 fully saturated rings. The summed E-state index contributed by atoms with van der Waals surface area (Å²) in [5.41, 5.74) is 0.347. The van der Waals surface area contributed by atoms with Crippen molar-refractivity contribution < 1.29 is 13.9 Å². The molecule has 0 atom stereocenters. The van der Waals surface area contributed by atoms with Crippen LogP contribution in [0.3, 0.4) is 0 Å². The van der Waals surface area contributed by atoms with Crippen molar-refractivity contribution in [1.82, 2.24) is 0 Å². The largest absolute Gasteiger partial charge is 0.482 e. The summed E-state index contributed by atoms with van der Waals surface area (Å²) in [4.78, 5) is 11.8. The zero-order valence-electron chi connectivity index (χ0n) is 10.8. The smallest absolute Gasteiger partial charge is 0.262 e. The van der Waals surface area contributed by atoms with E-state index in [2.05, 4.69) is 5.32 Å². The van der Waals surface area contributed by atoms with Crippen LogP contribution in [0.4, 0.5) is 10.1 Å². The number of ether oxygens (including phenoxy) is 1. The Hall–Kier alpha value is -1.20. The first-order valence-corrected chi connectivity index (χ1v) is 7.40. The average molecular weight is 383 g/mol. The Labute approximate surface area is 145 Å². The first kappa shape index (κ1) is 17.2. The molecule has 0 aliphatic rings. The summed E-state index contributed by atoms with van der Waals surface area (Å²) in [6, 6.07) is 6.65. The number of rotatable bonds is 4. The van der Waals surface area contributed by atoms with Crippen molar-refractivity contribution >= 4 is 58.0 Å². The van der Waals surface area contributed by atoms with Crippen molar-refractivity contribution in [2.24, 2.45) is 0 Å². The summed E-state index contributed by atoms with van der Waals surface area (Å²) in [5, 5.41) is 3.18. The van der Waals surface area contributed by atoms with Gasteiger partial charge in [-0.2, -0.15) is 0 Å². The van der Waals surface area contributed by atoms with E-state index in [1.165, 1.54) is 24.3 Å². The molecule has 116 valence electrons. The van der Waals surface area contributed by atoms with Gasteiger partial charge in [-0.1, -0.05) is 46.4 Å². The van der Waals surface area contributed by atoms with Crippen LogP contribution in [0.2, 0.25) is 20.1 Å². The molecule has 8 heteroatoms. The molecule has 0 heterocycles. The van der Waals surface area contributed by atoms with Crippen LogP contribution < -0.4 is 10.1 Å². The van der Waals surface area contributed by atoms with E-state index in [9.17, 15) is 9.18 Å². The minimum atomic E-state index is -0.571. The van der Waals surface area contributed by atoms with Gasteiger partial charge in [0.05, 0.1) is 20.1 Å². The Morgan fingerprint density at radius 1 is 1.00 bits per heavy atom. The lowest BCUT2D eigenvalue weighted by molar-refractivity contribution is -0.118. The first-order valence-electron chi connectivity index (χ1n) is 5.89. The molecule has 2 aromatic carbocycles. The van der Waals surface area contributed by atoms with E-state index in [1.54, 1.807) is 0 Å². The van der Waals surface area contributed by atoms with Gasteiger partial charge in [0, 0.05) is 11.8 Å². The molecule has 0 radical (unpaired) electrons. The molecule has 0 unspecified atom stereocenters. The second kappa shape index (κ2) is 7.38. The van der Waals surface area contributed by atoms with Crippen LogP contribution in [0.1, 0.15) is 0 Å². The van der Waals surface area contributed by atoms with Gasteiger partial charge in [0.25, 0.3) is 5.91 Å². The molecule has 1 N–H and O–H groups in total. The molecule has 0 aliphatic carbocycles. The first-order chi connectivity index (χ1) is 10.4. The predicted molar refractivity (Wildman–Crippen MR) is 87.0 cm³/mol. The second-order valence-corrected chi connectivity index (χ2v) is 5.79. The van der Waals surface area contributed by atoms with Gasteiger partial charge < -0.3 is 10.1 Å². The Kier molecular flexibility index (Phi) is 5.75. The van der Waals surface area contributed by atoms with Crippen LogP contribution in [0.5, 0.6) is 5.75 Å². The number of benzene rings is 2. The molecule has 0 aliphatic heterocycles. The lowest BCUT2D eigenvalue weighted by atomic mass is 10.3. The molecule has 0 aromatic heterocycles. The van der Waals surface area contributed by atoms with Gasteiger partial charge in [0.15, 0.2) is 6.61 Å². The summed E-state index contributed by atoms with van der Waals surface area (Å²) >= 11 is 23.2. The molecule has 0 saturated heterocycles. The van der Waals surface area contributed by atoms with Crippen molar-refractivity contribution in [3.05, 3.63) is 56.2 Å². The monoisotopic (exact) mass is 381 g/mol. The van der Waals surface area contributed by atoms with Crippen molar-refractivity contribution in [3.63, 3.8) is 0 Å². The Morgan fingerprint density at radius 2 is 1.68 bits per heavy atom. The maximum atomic E-state index is 13.0. The highest BCUT2D eigenvalue weighted by Crippen LogP contribution is 2.33. The van der Waals surface area contributed by atoms with Crippen LogP contribution in [0.25, 0.3) is 0 Å². The zero-order chi connectivity index (χ0) is 16.3. The van der Waals surface area contributed by atoms with Crippen molar-refractivity contribution in [2.75, 3.05) is 11.9 Å². The highest BCUT2D eigenvalue weighted by molar-refractivity contribution is 6.43. The fraction of sp³-hybridized carbons (Fsp3) is 0.0714. The van der Waals surface area contributed by atoms with E-state index in [1.807, 2.05) is 0 Å². The Morgan fingerprint density at radius 3 is 2.36 bits per heavy atom. The van der Waals surface area contributed by atoms with Gasteiger partial charge in [0.2, 0.25) is 0 Å². The molecular weight excluding hydrogens is 375 g/mol. The zero-order valence-corrected chi connectivity index (χ0v) is 13.8. The number of hydrogen-bond acceptors (Lipinski definition) is 2. The molecule has 0 saturated carbocycles. The molecule has 2 rings (SSSR count). The Balaban J connectivity index is 1.98. The van der Waals surface area contributed by atoms with Crippen LogP contribution >= 0.6 is 46.4 Å². The van der Waals surface area contributed by atoms with Crippen molar-refractivity contribution in [2.45, 2.75) is 0 Å². The fourth-order valence-electron chi connectivity index (χ4n) is 1.53. The number of amides is 1. The van der Waals surface area contributed by atoms with Crippen LogP contribution in [0, 0.1) is 5.82 Å². The minimum absolute atomic E-state index is 0.0914. The van der Waals surface area contributed by atoms with E-state index in [0.717, 1.165) is 6.07 Å². The highest BCUT2D eigenvalue weighted by atomic mass is 35.5. The predicted octanol–water partition coefficient (Wildman–Crippen LogP) is 5.46. The summed E-state index contributed by atoms with van der Waals surface area (Å²) in [7, 11) is 0. The van der Waals surface area contributed by atoms with Crippen LogP contribution in [-0.4, -0.2) is 12.5 Å². The molecule has 22 heavy (non-hydrogen) atoms. The number of carbonyl (C=O) groups excluding carboxylic acids is 1. The summed E-state index contributed by atoms with van der Waals surface area (Å²) in [5.74, 6) is -0.813. The summed E-state index contributed by atoms with van der Waals surface area (Å²) in [6.45, 7) is -0.313. The fourth-order valence-corrected chi connectivity index (χ4v) is 2.30. The lowest BCUT2D eigenvalue weighted by Gasteiger charge is -2.10. The molecule has 2 aromatic rings. The maximum absolute atomic E-state index is 13.0. The summed E-state index contributed by atoms with van der Waals surface area (Å²) < 4.78 is 18.3. The van der Waals surface area contributed by atoms with Gasteiger partial charge in [0.1, 0.15) is 11.6 Å². The summed E-state index contributed by atoms with van der Waals surface area (Å²) in [6.07, 6.45) is 0. The quantitative estimate of drug-likeness (QED) is 0.713. The van der Waals surface area contributed by atoms with E-state index in [0.29, 0.717) is 5.69 Å². The van der Waals surface area contributed by atoms with Gasteiger partial charge in [-0.15, -0.1) is 0 Å². The maximum Gasteiger partial charge on any atom is 0.262 e. The Bertz CT molecular complexity index is 724. The lowest BCUT2D eigenvalue weighted by Crippen LogP contribution is -2.20. The van der Waals surface area contributed by atoms with Crippen molar-refractivity contribution in [3.8, 4) is 5.75 Å². The highest BCUT2D eigenvalue weighted by Gasteiger charge is 2.10. The molecule has 3 nitrogen and oxygen atoms in total. The third-order valence-electron chi connectivity index (χ3n) is 2.54. The SMILES string of the molecule is O=C(COc1cc(Cl)c(Cl)cc1Cl)Nc1ccc(F)c(Cl)c1. The topological polar surface area (TPSA) is 38.3 Å². The van der Waals surface area contributed by atoms with Crippen molar-refractivity contribution in [1.29, 1.82) is 0 Å². The number of carbonyl (C=O) groups is 1. The van der Waals surface area contributed by atoms with E-state index < -0.39 is 11.7 Å². The average Bonchev–Trinajstić information content (AvgIpc) is 2.45. The van der Waals surface area contributed by atoms with E-state index in [4.69, 9.17) is 51.1 Å². The normalized spacial score (nSPS) is 10.4. The number of halogens is 5. The number of hydrogen-bond donors (Lipinski definition) is 1. The molecule has 0 bridgehead atoms. The van der Waals surface area contributed by atoms with Gasteiger partial charge in [-0.3, -0.25) is 4.79 Å². The standard InChI is InChI=1S/C14H8Cl4FNO2/c15-8-4-11(18)13(5-9(8)16)22-6-14(21)20-7-1-2-12(19)10(17)3-7/h1-5H,6H2,(H,20,21). The third kappa shape index (κ3) is 4.40. The molecule has 0 spiro atoms. The van der Waals surface area contributed by atoms with Gasteiger partial charge >= 0.3 is 0 Å². The molecule has 1 amide bonds. The van der Waals surface area contributed by atoms with Crippen LogP contribution in [0.15, 0.2) is 30.3 Å². The second-order valence-electron chi connectivity index (χ2n) is 4.16. The van der Waals surface area contributed by atoms with Crippen LogP contribution in [-0.2, 0) is 4.79 Å². The van der Waals surface area contributed by atoms with Gasteiger partial charge in [-0.25, -0.2) is 4.39 Å². The van der Waals surface area contributed by atoms with E-state index in [-0.39, 0.29) is 32.4 Å². The van der Waals surface area contributed by atoms with Gasteiger partial charge in [-0.05, 0) is 24.3 Å². The van der Waals surface area contributed by atoms with E-state index >= 15 is 0 Å². The number of anilines is 1. The third-order valence-corrected chi connectivity index (χ3v) is 3.84.